The van der Waals surface area contributed by atoms with E-state index in [1.165, 1.54) is 0 Å². The summed E-state index contributed by atoms with van der Waals surface area (Å²) in [6, 6.07) is 9.27. The molecule has 12 heteroatoms. The summed E-state index contributed by atoms with van der Waals surface area (Å²) < 4.78 is 20.7. The van der Waals surface area contributed by atoms with Gasteiger partial charge < -0.3 is 29.1 Å². The summed E-state index contributed by atoms with van der Waals surface area (Å²) >= 11 is 0. The number of anilines is 1. The third-order valence-corrected chi connectivity index (χ3v) is 13.4. The molecule has 2 aromatic heterocycles. The van der Waals surface area contributed by atoms with Crippen LogP contribution in [0.5, 0.6) is 0 Å². The van der Waals surface area contributed by atoms with Gasteiger partial charge in [-0.2, -0.15) is 5.10 Å². The highest BCUT2D eigenvalue weighted by molar-refractivity contribution is 5.96. The summed E-state index contributed by atoms with van der Waals surface area (Å²) in [6.45, 7) is 24.5. The molecule has 320 valence electrons. The minimum atomic E-state index is -0.959. The van der Waals surface area contributed by atoms with Crippen molar-refractivity contribution in [2.75, 3.05) is 31.6 Å². The van der Waals surface area contributed by atoms with Crippen molar-refractivity contribution in [3.05, 3.63) is 64.6 Å². The number of ether oxygens (including phenoxy) is 3. The minimum absolute atomic E-state index is 0.0900. The lowest BCUT2D eigenvalue weighted by Gasteiger charge is -2.72. The van der Waals surface area contributed by atoms with E-state index in [2.05, 4.69) is 38.6 Å². The van der Waals surface area contributed by atoms with Gasteiger partial charge in [0.15, 0.2) is 5.69 Å². The number of benzene rings is 1. The predicted molar refractivity (Wildman–Crippen MR) is 227 cm³/mol. The van der Waals surface area contributed by atoms with Crippen LogP contribution in [0, 0.1) is 23.2 Å². The number of hydrogen-bond acceptors (Lipinski definition) is 9. The second-order valence-corrected chi connectivity index (χ2v) is 21.5. The third kappa shape index (κ3) is 8.22. The van der Waals surface area contributed by atoms with Gasteiger partial charge in [0, 0.05) is 44.0 Å². The van der Waals surface area contributed by atoms with Crippen molar-refractivity contribution >= 4 is 23.8 Å². The molecule has 4 fully saturated rings. The van der Waals surface area contributed by atoms with E-state index >= 15 is 0 Å². The van der Waals surface area contributed by atoms with Crippen LogP contribution in [0.4, 0.5) is 10.6 Å². The number of rotatable bonds is 10. The summed E-state index contributed by atoms with van der Waals surface area (Å²) in [5, 5.41) is 15.2. The van der Waals surface area contributed by atoms with Crippen LogP contribution in [0.2, 0.25) is 0 Å². The van der Waals surface area contributed by atoms with E-state index < -0.39 is 28.7 Å². The first kappa shape index (κ1) is 42.7. The molecule has 0 spiro atoms. The molecule has 1 amide bonds. The molecule has 5 aliphatic rings. The second kappa shape index (κ2) is 14.3. The number of nitrogens with zero attached hydrogens (tertiary/aromatic N) is 5. The summed E-state index contributed by atoms with van der Waals surface area (Å²) in [5.41, 5.74) is 2.50. The van der Waals surface area contributed by atoms with Crippen molar-refractivity contribution < 1.29 is 33.7 Å². The van der Waals surface area contributed by atoms with Gasteiger partial charge in [0.2, 0.25) is 0 Å². The molecule has 1 aromatic carbocycles. The number of aryl methyl sites for hydroxylation is 1. The topological polar surface area (TPSA) is 136 Å². The molecule has 8 rings (SSSR count). The lowest BCUT2D eigenvalue weighted by atomic mass is 9.36. The Morgan fingerprint density at radius 3 is 2.15 bits per heavy atom. The maximum atomic E-state index is 14.1. The molecule has 4 saturated carbocycles. The number of pyridine rings is 1. The minimum Gasteiger partial charge on any atom is -0.478 e. The first-order valence-corrected chi connectivity index (χ1v) is 21.2. The van der Waals surface area contributed by atoms with Gasteiger partial charge in [-0.15, -0.1) is 0 Å². The number of carboxylic acid groups (broad SMARTS) is 1. The SMILES string of the molecule is Cc1nn(C(C)(C)C23CC4(C)CC(C)(CC(OCCN(C)C(=O)OC(C)(C)C)(C4)C2)C3)cc1-c1ccc(N2CCc3cccc(C(=O)O)c3C2)nc1C(=O)OC(C)(C)C. The predicted octanol–water partition coefficient (Wildman–Crippen LogP) is 9.21. The first-order chi connectivity index (χ1) is 27.2. The fourth-order valence-corrected chi connectivity index (χ4v) is 11.8. The Kier molecular flexibility index (Phi) is 10.4. The molecule has 12 nitrogen and oxygen atoms in total. The number of fused-ring (bicyclic) bond motifs is 1. The molecule has 0 saturated heterocycles. The highest BCUT2D eigenvalue weighted by atomic mass is 16.6. The Hall–Kier alpha value is -4.45. The van der Waals surface area contributed by atoms with Crippen molar-refractivity contribution in [2.24, 2.45) is 16.2 Å². The largest absolute Gasteiger partial charge is 0.478 e. The lowest BCUT2D eigenvalue weighted by molar-refractivity contribution is -0.267. The fourth-order valence-electron chi connectivity index (χ4n) is 11.8. The number of carbonyl (C=O) groups is 3. The zero-order valence-electron chi connectivity index (χ0n) is 37.4. The molecule has 0 radical (unpaired) electrons. The van der Waals surface area contributed by atoms with Crippen LogP contribution < -0.4 is 4.90 Å². The van der Waals surface area contributed by atoms with Crippen molar-refractivity contribution in [2.45, 2.75) is 150 Å². The average Bonchev–Trinajstić information content (AvgIpc) is 3.49. The highest BCUT2D eigenvalue weighted by Gasteiger charge is 2.70. The normalized spacial score (nSPS) is 26.4. The molecule has 59 heavy (non-hydrogen) atoms. The maximum Gasteiger partial charge on any atom is 0.410 e. The Morgan fingerprint density at radius 1 is 0.864 bits per heavy atom. The molecular formula is C47H65N5O7. The zero-order chi connectivity index (χ0) is 43.1. The van der Waals surface area contributed by atoms with E-state index in [1.54, 1.807) is 24.1 Å². The van der Waals surface area contributed by atoms with Crippen LogP contribution in [0.25, 0.3) is 11.1 Å². The smallest absolute Gasteiger partial charge is 0.410 e. The molecule has 1 aliphatic heterocycles. The van der Waals surface area contributed by atoms with E-state index in [0.29, 0.717) is 44.0 Å². The van der Waals surface area contributed by atoms with Crippen LogP contribution in [0.3, 0.4) is 0 Å². The number of amides is 1. The number of esters is 1. The van der Waals surface area contributed by atoms with Gasteiger partial charge in [-0.05, 0) is 153 Å². The van der Waals surface area contributed by atoms with Gasteiger partial charge in [-0.3, -0.25) is 4.68 Å². The van der Waals surface area contributed by atoms with Crippen molar-refractivity contribution in [3.8, 4) is 11.1 Å². The molecule has 2 atom stereocenters. The van der Waals surface area contributed by atoms with Crippen molar-refractivity contribution in [1.29, 1.82) is 0 Å². The van der Waals surface area contributed by atoms with Crippen LogP contribution in [-0.2, 0) is 32.7 Å². The number of likely N-dealkylation sites (N-methyl/N-ethyl adjacent to an activating group) is 1. The summed E-state index contributed by atoms with van der Waals surface area (Å²) in [6.07, 6.45) is 8.55. The van der Waals surface area contributed by atoms with Gasteiger partial charge in [0.05, 0.1) is 29.0 Å². The first-order valence-electron chi connectivity index (χ1n) is 21.2. The highest BCUT2D eigenvalue weighted by Crippen LogP contribution is 2.74. The van der Waals surface area contributed by atoms with Gasteiger partial charge in [0.25, 0.3) is 0 Å². The van der Waals surface area contributed by atoms with Gasteiger partial charge in [0.1, 0.15) is 17.0 Å². The van der Waals surface area contributed by atoms with Gasteiger partial charge >= 0.3 is 18.0 Å². The number of carbonyl (C=O) groups excluding carboxylic acids is 2. The van der Waals surface area contributed by atoms with Crippen molar-refractivity contribution in [1.82, 2.24) is 19.7 Å². The van der Waals surface area contributed by atoms with Gasteiger partial charge in [-0.25, -0.2) is 19.4 Å². The molecule has 4 bridgehead atoms. The summed E-state index contributed by atoms with van der Waals surface area (Å²) in [7, 11) is 1.77. The molecule has 2 unspecified atom stereocenters. The Bertz CT molecular complexity index is 2140. The number of aromatic nitrogens is 3. The monoisotopic (exact) mass is 811 g/mol. The number of aromatic carboxylic acids is 1. The second-order valence-electron chi connectivity index (χ2n) is 21.5. The number of carboxylic acids is 1. The Labute approximate surface area is 350 Å². The Morgan fingerprint density at radius 2 is 1.53 bits per heavy atom. The third-order valence-electron chi connectivity index (χ3n) is 13.4. The molecule has 3 aromatic rings. The van der Waals surface area contributed by atoms with Crippen LogP contribution in [0.1, 0.15) is 145 Å². The van der Waals surface area contributed by atoms with Crippen LogP contribution in [0.15, 0.2) is 36.5 Å². The molecule has 1 N–H and O–H groups in total. The van der Waals surface area contributed by atoms with E-state index in [-0.39, 0.29) is 39.2 Å². The van der Waals surface area contributed by atoms with E-state index in [9.17, 15) is 19.5 Å². The molecular weight excluding hydrogens is 747 g/mol. The molecule has 4 aliphatic carbocycles. The standard InChI is InChI=1S/C47H65N5O7/c1-30-34(32-16-17-36(48-37(32)39(55)58-41(2,3)4)51-19-18-31-14-13-15-33(38(53)54)35(31)22-51)23-52(49-30)43(8,9)46-25-44(10)24-45(11,26-46)28-47(27-44,29-46)57-21-20-50(12)40(56)59-42(5,6)7/h13-17,23H,18-22,24-29H2,1-12H3,(H,53,54). The molecule has 3 heterocycles. The quantitative estimate of drug-likeness (QED) is 0.197. The number of hydrogen-bond donors (Lipinski definition) is 1. The van der Waals surface area contributed by atoms with E-state index in [1.807, 2.05) is 71.6 Å². The average molecular weight is 812 g/mol. The van der Waals surface area contributed by atoms with Gasteiger partial charge in [-0.1, -0.05) is 26.0 Å². The van der Waals surface area contributed by atoms with E-state index in [4.69, 9.17) is 24.3 Å². The van der Waals surface area contributed by atoms with E-state index in [0.717, 1.165) is 60.9 Å². The zero-order valence-corrected chi connectivity index (χ0v) is 37.4. The summed E-state index contributed by atoms with van der Waals surface area (Å²) in [4.78, 5) is 47.6. The fraction of sp³-hybridized carbons (Fsp3) is 0.638. The lowest BCUT2D eigenvalue weighted by Crippen LogP contribution is -2.68. The van der Waals surface area contributed by atoms with Crippen LogP contribution in [-0.4, -0.2) is 86.3 Å². The van der Waals surface area contributed by atoms with Crippen LogP contribution >= 0.6 is 0 Å². The Balaban J connectivity index is 1.20. The maximum absolute atomic E-state index is 14.1. The summed E-state index contributed by atoms with van der Waals surface area (Å²) in [5.74, 6) is -0.898. The van der Waals surface area contributed by atoms with Crippen molar-refractivity contribution in [3.63, 3.8) is 0 Å².